The second kappa shape index (κ2) is 5.98. The number of nitrogens with zero attached hydrogens (tertiary/aromatic N) is 1. The Kier molecular flexibility index (Phi) is 3.88. The molecule has 0 spiro atoms. The number of benzene rings is 1. The molecule has 0 saturated heterocycles. The standard InChI is InChI=1S/C15H16N4O3/c20-14(13-11-8-16-6-5-12(11)18-19-13)17-7-9-1-3-10(4-2-9)15(21)22/h1-4,16H,5-8H2,(H,17,20)(H,18,19)(H,21,22). The number of hydrogen-bond donors (Lipinski definition) is 4. The molecule has 0 fully saturated rings. The highest BCUT2D eigenvalue weighted by Gasteiger charge is 2.21. The van der Waals surface area contributed by atoms with Crippen molar-refractivity contribution in [2.24, 2.45) is 0 Å². The Bertz CT molecular complexity index is 706. The highest BCUT2D eigenvalue weighted by Crippen LogP contribution is 2.15. The SMILES string of the molecule is O=C(O)c1ccc(CNC(=O)c2n[nH]c3c2CNCC3)cc1. The van der Waals surface area contributed by atoms with Gasteiger partial charge in [-0.2, -0.15) is 5.10 Å². The minimum absolute atomic E-state index is 0.225. The molecule has 0 bridgehead atoms. The van der Waals surface area contributed by atoms with Crippen LogP contribution in [0.3, 0.4) is 0 Å². The number of fused-ring (bicyclic) bond motifs is 1. The normalized spacial score (nSPS) is 13.5. The molecule has 1 aliphatic heterocycles. The summed E-state index contributed by atoms with van der Waals surface area (Å²) in [5.41, 5.74) is 3.41. The van der Waals surface area contributed by atoms with Gasteiger partial charge in [0.1, 0.15) is 0 Å². The van der Waals surface area contributed by atoms with Crippen LogP contribution in [0, 0.1) is 0 Å². The van der Waals surface area contributed by atoms with E-state index in [0.29, 0.717) is 18.8 Å². The third kappa shape index (κ3) is 2.84. The molecule has 2 aromatic rings. The maximum absolute atomic E-state index is 12.2. The number of carbonyl (C=O) groups is 2. The van der Waals surface area contributed by atoms with Gasteiger partial charge in [-0.3, -0.25) is 9.89 Å². The lowest BCUT2D eigenvalue weighted by Crippen LogP contribution is -2.28. The molecule has 0 atom stereocenters. The third-order valence-electron chi connectivity index (χ3n) is 3.68. The molecule has 2 heterocycles. The van der Waals surface area contributed by atoms with Crippen molar-refractivity contribution >= 4 is 11.9 Å². The van der Waals surface area contributed by atoms with E-state index in [-0.39, 0.29) is 11.5 Å². The first kappa shape index (κ1) is 14.3. The first-order chi connectivity index (χ1) is 10.6. The van der Waals surface area contributed by atoms with E-state index in [2.05, 4.69) is 20.8 Å². The number of carbonyl (C=O) groups excluding carboxylic acids is 1. The van der Waals surface area contributed by atoms with Crippen molar-refractivity contribution in [2.45, 2.75) is 19.5 Å². The van der Waals surface area contributed by atoms with Crippen LogP contribution in [0.2, 0.25) is 0 Å². The summed E-state index contributed by atoms with van der Waals surface area (Å²) in [6, 6.07) is 6.41. The number of nitrogens with one attached hydrogen (secondary N) is 3. The summed E-state index contributed by atoms with van der Waals surface area (Å²) in [7, 11) is 0. The van der Waals surface area contributed by atoms with E-state index >= 15 is 0 Å². The number of amides is 1. The molecule has 3 rings (SSSR count). The van der Waals surface area contributed by atoms with Crippen molar-refractivity contribution in [1.82, 2.24) is 20.8 Å². The third-order valence-corrected chi connectivity index (χ3v) is 3.68. The molecular weight excluding hydrogens is 284 g/mol. The Labute approximate surface area is 126 Å². The first-order valence-electron chi connectivity index (χ1n) is 7.02. The molecule has 1 amide bonds. The van der Waals surface area contributed by atoms with E-state index in [4.69, 9.17) is 5.11 Å². The number of rotatable bonds is 4. The molecule has 114 valence electrons. The smallest absolute Gasteiger partial charge is 0.335 e. The van der Waals surface area contributed by atoms with Gasteiger partial charge in [-0.1, -0.05) is 12.1 Å². The zero-order valence-electron chi connectivity index (χ0n) is 11.8. The maximum Gasteiger partial charge on any atom is 0.335 e. The predicted octanol–water partition coefficient (Wildman–Crippen LogP) is 0.684. The molecule has 4 N–H and O–H groups in total. The van der Waals surface area contributed by atoms with Crippen LogP contribution in [0.25, 0.3) is 0 Å². The second-order valence-electron chi connectivity index (χ2n) is 5.14. The van der Waals surface area contributed by atoms with Gasteiger partial charge in [0.15, 0.2) is 5.69 Å². The summed E-state index contributed by atoms with van der Waals surface area (Å²) < 4.78 is 0. The zero-order valence-corrected chi connectivity index (χ0v) is 11.8. The van der Waals surface area contributed by atoms with Crippen molar-refractivity contribution in [3.05, 3.63) is 52.3 Å². The summed E-state index contributed by atoms with van der Waals surface area (Å²) >= 11 is 0. The maximum atomic E-state index is 12.2. The number of aromatic nitrogens is 2. The number of carboxylic acids is 1. The van der Waals surface area contributed by atoms with Crippen molar-refractivity contribution in [3.63, 3.8) is 0 Å². The quantitative estimate of drug-likeness (QED) is 0.664. The van der Waals surface area contributed by atoms with Crippen LogP contribution in [0.5, 0.6) is 0 Å². The number of H-pyrrole nitrogens is 1. The zero-order chi connectivity index (χ0) is 15.5. The largest absolute Gasteiger partial charge is 0.478 e. The van der Waals surface area contributed by atoms with E-state index in [1.165, 1.54) is 12.1 Å². The van der Waals surface area contributed by atoms with Crippen LogP contribution < -0.4 is 10.6 Å². The van der Waals surface area contributed by atoms with Gasteiger partial charge < -0.3 is 15.7 Å². The minimum Gasteiger partial charge on any atom is -0.478 e. The van der Waals surface area contributed by atoms with Gasteiger partial charge in [0.05, 0.1) is 5.56 Å². The fourth-order valence-electron chi connectivity index (χ4n) is 2.44. The molecular formula is C15H16N4O3. The van der Waals surface area contributed by atoms with Crippen LogP contribution in [0.1, 0.15) is 37.7 Å². The van der Waals surface area contributed by atoms with Crippen molar-refractivity contribution in [1.29, 1.82) is 0 Å². The fourth-order valence-corrected chi connectivity index (χ4v) is 2.44. The van der Waals surface area contributed by atoms with E-state index in [1.807, 2.05) is 0 Å². The lowest BCUT2D eigenvalue weighted by Gasteiger charge is -2.12. The molecule has 0 unspecified atom stereocenters. The summed E-state index contributed by atoms with van der Waals surface area (Å²) in [6.07, 6.45) is 0.840. The molecule has 0 saturated carbocycles. The van der Waals surface area contributed by atoms with Crippen LogP contribution in [-0.4, -0.2) is 33.7 Å². The summed E-state index contributed by atoms with van der Waals surface area (Å²) in [6.45, 7) is 1.85. The van der Waals surface area contributed by atoms with Crippen molar-refractivity contribution in [2.75, 3.05) is 6.54 Å². The van der Waals surface area contributed by atoms with Gasteiger partial charge in [-0.15, -0.1) is 0 Å². The predicted molar refractivity (Wildman–Crippen MR) is 78.6 cm³/mol. The van der Waals surface area contributed by atoms with Gasteiger partial charge in [-0.05, 0) is 17.7 Å². The number of hydrogen-bond acceptors (Lipinski definition) is 4. The lowest BCUT2D eigenvalue weighted by molar-refractivity contribution is 0.0696. The summed E-state index contributed by atoms with van der Waals surface area (Å²) in [4.78, 5) is 23.0. The molecule has 1 aromatic carbocycles. The van der Waals surface area contributed by atoms with Gasteiger partial charge in [0.25, 0.3) is 5.91 Å². The number of aromatic amines is 1. The average molecular weight is 300 g/mol. The Morgan fingerprint density at radius 1 is 1.27 bits per heavy atom. The van der Waals surface area contributed by atoms with Crippen LogP contribution in [0.15, 0.2) is 24.3 Å². The fraction of sp³-hybridized carbons (Fsp3) is 0.267. The summed E-state index contributed by atoms with van der Waals surface area (Å²) in [5, 5.41) is 21.9. The molecule has 0 radical (unpaired) electrons. The Balaban J connectivity index is 1.65. The Hall–Kier alpha value is -2.67. The van der Waals surface area contributed by atoms with Gasteiger partial charge in [0.2, 0.25) is 0 Å². The van der Waals surface area contributed by atoms with Gasteiger partial charge in [0, 0.05) is 37.3 Å². The topological polar surface area (TPSA) is 107 Å². The van der Waals surface area contributed by atoms with E-state index in [0.717, 1.165) is 29.8 Å². The molecule has 1 aliphatic rings. The van der Waals surface area contributed by atoms with Crippen LogP contribution in [-0.2, 0) is 19.5 Å². The van der Waals surface area contributed by atoms with Gasteiger partial charge >= 0.3 is 5.97 Å². The Morgan fingerprint density at radius 2 is 2.05 bits per heavy atom. The van der Waals surface area contributed by atoms with E-state index in [1.54, 1.807) is 12.1 Å². The van der Waals surface area contributed by atoms with Crippen LogP contribution >= 0.6 is 0 Å². The van der Waals surface area contributed by atoms with Gasteiger partial charge in [-0.25, -0.2) is 4.79 Å². The van der Waals surface area contributed by atoms with Crippen LogP contribution in [0.4, 0.5) is 0 Å². The summed E-state index contributed by atoms with van der Waals surface area (Å²) in [5.74, 6) is -1.20. The molecule has 1 aromatic heterocycles. The second-order valence-corrected chi connectivity index (χ2v) is 5.14. The number of carboxylic acid groups (broad SMARTS) is 1. The highest BCUT2D eigenvalue weighted by molar-refractivity contribution is 5.94. The molecule has 7 nitrogen and oxygen atoms in total. The van der Waals surface area contributed by atoms with E-state index in [9.17, 15) is 9.59 Å². The average Bonchev–Trinajstić information content (AvgIpc) is 2.97. The molecule has 7 heteroatoms. The number of aromatic carboxylic acids is 1. The monoisotopic (exact) mass is 300 g/mol. The lowest BCUT2D eigenvalue weighted by atomic mass is 10.1. The highest BCUT2D eigenvalue weighted by atomic mass is 16.4. The molecule has 0 aliphatic carbocycles. The minimum atomic E-state index is -0.966. The first-order valence-corrected chi connectivity index (χ1v) is 7.02. The Morgan fingerprint density at radius 3 is 2.77 bits per heavy atom. The van der Waals surface area contributed by atoms with Crippen molar-refractivity contribution < 1.29 is 14.7 Å². The van der Waals surface area contributed by atoms with E-state index < -0.39 is 5.97 Å². The molecule has 22 heavy (non-hydrogen) atoms. The van der Waals surface area contributed by atoms with Crippen molar-refractivity contribution in [3.8, 4) is 0 Å².